The molecule has 24 heavy (non-hydrogen) atoms. The van der Waals surface area contributed by atoms with Crippen molar-refractivity contribution in [3.63, 3.8) is 0 Å². The van der Waals surface area contributed by atoms with Gasteiger partial charge in [0.2, 0.25) is 0 Å². The molecule has 1 unspecified atom stereocenters. The van der Waals surface area contributed by atoms with Gasteiger partial charge in [-0.25, -0.2) is 0 Å². The molecule has 1 atom stereocenters. The Labute approximate surface area is 149 Å². The number of nitrogens with zero attached hydrogens (tertiary/aromatic N) is 1. The third-order valence-electron chi connectivity index (χ3n) is 3.69. The number of nitrogens with one attached hydrogen (secondary N) is 2. The number of guanidine groups is 1. The molecule has 2 aromatic heterocycles. The number of thiophene rings is 2. The molecule has 0 saturated heterocycles. The van der Waals surface area contributed by atoms with Gasteiger partial charge < -0.3 is 15.7 Å². The van der Waals surface area contributed by atoms with Gasteiger partial charge in [0, 0.05) is 32.9 Å². The minimum absolute atomic E-state index is 0.427. The molecule has 0 radical (unpaired) electrons. The summed E-state index contributed by atoms with van der Waals surface area (Å²) < 4.78 is 1.20. The number of hydrogen-bond donors (Lipinski definition) is 3. The van der Waals surface area contributed by atoms with E-state index in [-0.39, 0.29) is 0 Å². The van der Waals surface area contributed by atoms with Gasteiger partial charge in [0.1, 0.15) is 6.10 Å². The van der Waals surface area contributed by atoms with Gasteiger partial charge in [-0.05, 0) is 36.6 Å². The molecule has 1 aromatic carbocycles. The van der Waals surface area contributed by atoms with E-state index in [2.05, 4.69) is 52.9 Å². The molecule has 0 aliphatic carbocycles. The first kappa shape index (κ1) is 17.0. The number of aryl methyl sites for hydroxylation is 1. The second-order valence-corrected chi connectivity index (χ2v) is 8.01. The average molecular weight is 360 g/mol. The summed E-state index contributed by atoms with van der Waals surface area (Å²) in [7, 11) is 1.74. The van der Waals surface area contributed by atoms with Gasteiger partial charge in [0.15, 0.2) is 5.96 Å². The average Bonchev–Trinajstić information content (AvgIpc) is 3.20. The molecule has 6 heteroatoms. The summed E-state index contributed by atoms with van der Waals surface area (Å²) in [6.45, 7) is 3.26. The lowest BCUT2D eigenvalue weighted by Gasteiger charge is -2.14. The molecule has 0 aliphatic rings. The highest BCUT2D eigenvalue weighted by Crippen LogP contribution is 2.29. The highest BCUT2D eigenvalue weighted by Gasteiger charge is 2.12. The molecule has 2 heterocycles. The van der Waals surface area contributed by atoms with Crippen LogP contribution in [0.3, 0.4) is 0 Å². The van der Waals surface area contributed by atoms with E-state index in [1.807, 2.05) is 12.1 Å². The van der Waals surface area contributed by atoms with Crippen LogP contribution < -0.4 is 10.6 Å². The van der Waals surface area contributed by atoms with Crippen molar-refractivity contribution in [2.75, 3.05) is 13.6 Å². The van der Waals surface area contributed by atoms with Crippen LogP contribution in [0.15, 0.2) is 47.5 Å². The molecule has 3 aromatic rings. The second-order valence-electron chi connectivity index (χ2n) is 5.52. The van der Waals surface area contributed by atoms with Gasteiger partial charge in [-0.3, -0.25) is 4.99 Å². The lowest BCUT2D eigenvalue weighted by molar-refractivity contribution is 0.184. The second kappa shape index (κ2) is 7.79. The molecule has 0 amide bonds. The number of aliphatic hydroxyl groups excluding tert-OH is 1. The van der Waals surface area contributed by atoms with E-state index in [9.17, 15) is 5.11 Å². The van der Waals surface area contributed by atoms with Crippen molar-refractivity contribution in [1.82, 2.24) is 10.6 Å². The van der Waals surface area contributed by atoms with E-state index in [1.54, 1.807) is 29.7 Å². The maximum atomic E-state index is 10.4. The van der Waals surface area contributed by atoms with Gasteiger partial charge in [0.05, 0.1) is 6.54 Å². The summed E-state index contributed by atoms with van der Waals surface area (Å²) in [6, 6.07) is 14.5. The van der Waals surface area contributed by atoms with Crippen LogP contribution in [0.5, 0.6) is 0 Å². The van der Waals surface area contributed by atoms with E-state index >= 15 is 0 Å². The highest BCUT2D eigenvalue weighted by molar-refractivity contribution is 7.19. The van der Waals surface area contributed by atoms with Gasteiger partial charge in [-0.15, -0.1) is 22.7 Å². The van der Waals surface area contributed by atoms with Crippen LogP contribution in [0.1, 0.15) is 20.7 Å². The summed E-state index contributed by atoms with van der Waals surface area (Å²) in [5.41, 5.74) is 0. The largest absolute Gasteiger partial charge is 0.386 e. The zero-order valence-electron chi connectivity index (χ0n) is 13.7. The first-order valence-electron chi connectivity index (χ1n) is 7.82. The number of fused-ring (bicyclic) bond motifs is 1. The molecule has 0 spiro atoms. The molecule has 0 fully saturated rings. The zero-order valence-corrected chi connectivity index (χ0v) is 15.4. The molecule has 126 valence electrons. The third-order valence-corrected chi connectivity index (χ3v) is 5.90. The van der Waals surface area contributed by atoms with Crippen LogP contribution in [-0.4, -0.2) is 24.7 Å². The van der Waals surface area contributed by atoms with Crippen molar-refractivity contribution in [2.24, 2.45) is 4.99 Å². The first-order chi connectivity index (χ1) is 11.7. The van der Waals surface area contributed by atoms with Crippen molar-refractivity contribution in [1.29, 1.82) is 0 Å². The maximum absolute atomic E-state index is 10.4. The Bertz CT molecular complexity index is 805. The number of aliphatic imine (C=N–C) groups is 1. The fourth-order valence-corrected chi connectivity index (χ4v) is 4.31. The maximum Gasteiger partial charge on any atom is 0.191 e. The van der Waals surface area contributed by atoms with E-state index in [0.717, 1.165) is 11.4 Å². The number of aliphatic hydroxyl groups is 1. The summed E-state index contributed by atoms with van der Waals surface area (Å²) in [5.74, 6) is 0.696. The van der Waals surface area contributed by atoms with Crippen molar-refractivity contribution >= 4 is 38.7 Å². The predicted molar refractivity (Wildman–Crippen MR) is 104 cm³/mol. The monoisotopic (exact) mass is 359 g/mol. The van der Waals surface area contributed by atoms with Crippen molar-refractivity contribution in [3.05, 3.63) is 57.1 Å². The Balaban J connectivity index is 1.54. The van der Waals surface area contributed by atoms with Crippen molar-refractivity contribution in [2.45, 2.75) is 19.6 Å². The fourth-order valence-electron chi connectivity index (χ4n) is 2.43. The third kappa shape index (κ3) is 4.14. The lowest BCUT2D eigenvalue weighted by atomic mass is 10.2. The Hall–Kier alpha value is -1.89. The quantitative estimate of drug-likeness (QED) is 0.481. The summed E-state index contributed by atoms with van der Waals surface area (Å²) in [4.78, 5) is 7.74. The smallest absolute Gasteiger partial charge is 0.191 e. The van der Waals surface area contributed by atoms with Crippen molar-refractivity contribution < 1.29 is 5.11 Å². The number of hydrogen-bond acceptors (Lipinski definition) is 4. The minimum atomic E-state index is -0.551. The van der Waals surface area contributed by atoms with Crippen molar-refractivity contribution in [3.8, 4) is 0 Å². The summed E-state index contributed by atoms with van der Waals surface area (Å²) >= 11 is 3.40. The van der Waals surface area contributed by atoms with Crippen LogP contribution in [0, 0.1) is 6.92 Å². The number of rotatable bonds is 5. The highest BCUT2D eigenvalue weighted by atomic mass is 32.1. The Morgan fingerprint density at radius 1 is 1.17 bits per heavy atom. The van der Waals surface area contributed by atoms with Crippen LogP contribution in [-0.2, 0) is 6.54 Å². The van der Waals surface area contributed by atoms with Gasteiger partial charge in [0.25, 0.3) is 0 Å². The Morgan fingerprint density at radius 3 is 2.71 bits per heavy atom. The van der Waals surface area contributed by atoms with E-state index in [0.29, 0.717) is 12.5 Å². The Kier molecular flexibility index (Phi) is 5.50. The molecule has 4 nitrogen and oxygen atoms in total. The zero-order chi connectivity index (χ0) is 16.9. The van der Waals surface area contributed by atoms with Crippen LogP contribution in [0.4, 0.5) is 0 Å². The molecular weight excluding hydrogens is 338 g/mol. The molecule has 3 rings (SSSR count). The fraction of sp³-hybridized carbons (Fsp3) is 0.278. The number of benzene rings is 1. The summed E-state index contributed by atoms with van der Waals surface area (Å²) in [6.07, 6.45) is -0.551. The lowest BCUT2D eigenvalue weighted by Crippen LogP contribution is -2.38. The molecule has 3 N–H and O–H groups in total. The first-order valence-corrected chi connectivity index (χ1v) is 9.45. The molecule has 0 saturated carbocycles. The minimum Gasteiger partial charge on any atom is -0.386 e. The SMILES string of the molecule is CN=C(NCc1ccc(C)s1)NCC(O)c1cc2ccccc2s1. The Morgan fingerprint density at radius 2 is 2.00 bits per heavy atom. The normalized spacial score (nSPS) is 13.2. The molecular formula is C18H21N3OS2. The van der Waals surface area contributed by atoms with Crippen LogP contribution in [0.25, 0.3) is 10.1 Å². The van der Waals surface area contributed by atoms with Gasteiger partial charge in [-0.1, -0.05) is 18.2 Å². The molecule has 0 bridgehead atoms. The standard InChI is InChI=1S/C18H21N3OS2/c1-12-7-8-14(23-12)10-20-18(19-2)21-11-15(22)17-9-13-5-3-4-6-16(13)24-17/h3-9,15,22H,10-11H2,1-2H3,(H2,19,20,21). The van der Waals surface area contributed by atoms with Crippen LogP contribution >= 0.6 is 22.7 Å². The molecule has 0 aliphatic heterocycles. The summed E-state index contributed by atoms with van der Waals surface area (Å²) in [5, 5.41) is 18.1. The van der Waals surface area contributed by atoms with Gasteiger partial charge in [-0.2, -0.15) is 0 Å². The topological polar surface area (TPSA) is 56.7 Å². The van der Waals surface area contributed by atoms with E-state index < -0.39 is 6.10 Å². The van der Waals surface area contributed by atoms with E-state index in [4.69, 9.17) is 0 Å². The van der Waals surface area contributed by atoms with Gasteiger partial charge >= 0.3 is 0 Å². The predicted octanol–water partition coefficient (Wildman–Crippen LogP) is 3.67. The van der Waals surface area contributed by atoms with E-state index in [1.165, 1.54) is 19.8 Å². The van der Waals surface area contributed by atoms with Crippen LogP contribution in [0.2, 0.25) is 0 Å².